The number of hydrogen-bond donors (Lipinski definition) is 1. The molecule has 1 aliphatic carbocycles. The molecule has 1 aromatic rings. The molecule has 0 radical (unpaired) electrons. The number of benzene rings is 1. The van der Waals surface area contributed by atoms with Crippen LogP contribution in [0.3, 0.4) is 0 Å². The van der Waals surface area contributed by atoms with Crippen molar-refractivity contribution in [2.45, 2.75) is 51.2 Å². The molecule has 2 nitrogen and oxygen atoms in total. The summed E-state index contributed by atoms with van der Waals surface area (Å²) in [7, 11) is 0. The van der Waals surface area contributed by atoms with Crippen LogP contribution in [0.1, 0.15) is 44.6 Å². The predicted molar refractivity (Wildman–Crippen MR) is 66.8 cm³/mol. The molecule has 2 atom stereocenters. The lowest BCUT2D eigenvalue weighted by Crippen LogP contribution is -2.23. The average molecular weight is 219 g/mol. The predicted octanol–water partition coefficient (Wildman–Crippen LogP) is 3.07. The van der Waals surface area contributed by atoms with Gasteiger partial charge in [0.1, 0.15) is 5.75 Å². The molecule has 0 saturated heterocycles. The van der Waals surface area contributed by atoms with Crippen LogP contribution in [0.5, 0.6) is 5.75 Å². The van der Waals surface area contributed by atoms with Crippen molar-refractivity contribution >= 4 is 0 Å². The van der Waals surface area contributed by atoms with Gasteiger partial charge in [-0.1, -0.05) is 24.6 Å². The summed E-state index contributed by atoms with van der Waals surface area (Å²) in [5, 5.41) is 0. The molecule has 2 unspecified atom stereocenters. The number of hydrogen-bond acceptors (Lipinski definition) is 2. The zero-order valence-electron chi connectivity index (χ0n) is 10.1. The molecule has 1 aromatic carbocycles. The molecular weight excluding hydrogens is 198 g/mol. The van der Waals surface area contributed by atoms with Crippen LogP contribution in [0, 0.1) is 0 Å². The summed E-state index contributed by atoms with van der Waals surface area (Å²) in [6.45, 7) is 4.12. The Morgan fingerprint density at radius 2 is 2.00 bits per heavy atom. The maximum Gasteiger partial charge on any atom is 0.123 e. The summed E-state index contributed by atoms with van der Waals surface area (Å²) >= 11 is 0. The van der Waals surface area contributed by atoms with E-state index in [4.69, 9.17) is 10.5 Å². The Balaban J connectivity index is 2.25. The average Bonchev–Trinajstić information content (AvgIpc) is 2.64. The molecule has 1 saturated carbocycles. The normalized spacial score (nSPS) is 25.0. The summed E-state index contributed by atoms with van der Waals surface area (Å²) < 4.78 is 5.85. The van der Waals surface area contributed by atoms with Crippen molar-refractivity contribution in [3.63, 3.8) is 0 Å². The number of ether oxygens (including phenoxy) is 1. The van der Waals surface area contributed by atoms with Crippen molar-refractivity contribution in [2.75, 3.05) is 0 Å². The van der Waals surface area contributed by atoms with Crippen molar-refractivity contribution in [1.82, 2.24) is 0 Å². The monoisotopic (exact) mass is 219 g/mol. The Labute approximate surface area is 97.8 Å². The van der Waals surface area contributed by atoms with Crippen molar-refractivity contribution in [3.05, 3.63) is 29.8 Å². The number of para-hydroxylation sites is 1. The second-order valence-electron chi connectivity index (χ2n) is 4.91. The molecule has 2 rings (SSSR count). The third-order valence-electron chi connectivity index (χ3n) is 3.25. The quantitative estimate of drug-likeness (QED) is 0.848. The summed E-state index contributed by atoms with van der Waals surface area (Å²) in [5.74, 6) is 1.50. The largest absolute Gasteiger partial charge is 0.491 e. The molecule has 2 N–H and O–H groups in total. The van der Waals surface area contributed by atoms with E-state index in [0.29, 0.717) is 12.0 Å². The Bertz CT molecular complexity index is 348. The maximum absolute atomic E-state index is 6.16. The highest BCUT2D eigenvalue weighted by Crippen LogP contribution is 2.38. The number of rotatable bonds is 3. The van der Waals surface area contributed by atoms with Crippen LogP contribution in [0.2, 0.25) is 0 Å². The molecule has 1 fully saturated rings. The van der Waals surface area contributed by atoms with Gasteiger partial charge in [0, 0.05) is 12.0 Å². The van der Waals surface area contributed by atoms with Gasteiger partial charge in [-0.2, -0.15) is 0 Å². The van der Waals surface area contributed by atoms with E-state index in [1.807, 2.05) is 6.07 Å². The van der Waals surface area contributed by atoms with Gasteiger partial charge >= 0.3 is 0 Å². The van der Waals surface area contributed by atoms with E-state index in [0.717, 1.165) is 12.2 Å². The molecule has 0 heterocycles. The highest BCUT2D eigenvalue weighted by Gasteiger charge is 2.27. The van der Waals surface area contributed by atoms with E-state index < -0.39 is 0 Å². The van der Waals surface area contributed by atoms with Crippen molar-refractivity contribution in [1.29, 1.82) is 0 Å². The highest BCUT2D eigenvalue weighted by atomic mass is 16.5. The third kappa shape index (κ3) is 2.38. The lowest BCUT2D eigenvalue weighted by Gasteiger charge is -2.21. The van der Waals surface area contributed by atoms with E-state index in [1.54, 1.807) is 0 Å². The molecule has 0 spiro atoms. The third-order valence-corrected chi connectivity index (χ3v) is 3.25. The topological polar surface area (TPSA) is 35.2 Å². The molecule has 2 heteroatoms. The molecule has 0 amide bonds. The van der Waals surface area contributed by atoms with Crippen LogP contribution in [-0.2, 0) is 0 Å². The SMILES string of the molecule is CC(C)Oc1ccccc1C1CCCC1N. The van der Waals surface area contributed by atoms with Crippen molar-refractivity contribution < 1.29 is 4.74 Å². The van der Waals surface area contributed by atoms with Gasteiger partial charge in [-0.05, 0) is 38.3 Å². The van der Waals surface area contributed by atoms with E-state index in [2.05, 4.69) is 32.0 Å². The van der Waals surface area contributed by atoms with Gasteiger partial charge in [0.05, 0.1) is 6.10 Å². The molecular formula is C14H21NO. The first-order valence-electron chi connectivity index (χ1n) is 6.19. The lowest BCUT2D eigenvalue weighted by atomic mass is 9.94. The van der Waals surface area contributed by atoms with E-state index >= 15 is 0 Å². The second-order valence-corrected chi connectivity index (χ2v) is 4.91. The van der Waals surface area contributed by atoms with Gasteiger partial charge in [-0.15, -0.1) is 0 Å². The maximum atomic E-state index is 6.16. The first-order chi connectivity index (χ1) is 7.68. The lowest BCUT2D eigenvalue weighted by molar-refractivity contribution is 0.238. The minimum Gasteiger partial charge on any atom is -0.491 e. The van der Waals surface area contributed by atoms with Gasteiger partial charge in [0.2, 0.25) is 0 Å². The molecule has 0 aromatic heterocycles. The standard InChI is InChI=1S/C14H21NO/c1-10(2)16-14-9-4-3-6-12(14)11-7-5-8-13(11)15/h3-4,6,9-11,13H,5,7-8,15H2,1-2H3. The summed E-state index contributed by atoms with van der Waals surface area (Å²) in [6.07, 6.45) is 3.79. The fraction of sp³-hybridized carbons (Fsp3) is 0.571. The highest BCUT2D eigenvalue weighted by molar-refractivity contribution is 5.37. The minimum atomic E-state index is 0.221. The van der Waals surface area contributed by atoms with Gasteiger partial charge in [0.15, 0.2) is 0 Å². The molecule has 88 valence electrons. The first-order valence-corrected chi connectivity index (χ1v) is 6.19. The fourth-order valence-corrected chi connectivity index (χ4v) is 2.52. The van der Waals surface area contributed by atoms with Crippen LogP contribution in [0.15, 0.2) is 24.3 Å². The van der Waals surface area contributed by atoms with Gasteiger partial charge in [-0.25, -0.2) is 0 Å². The minimum absolute atomic E-state index is 0.221. The molecule has 1 aliphatic rings. The molecule has 0 aliphatic heterocycles. The van der Waals surface area contributed by atoms with E-state index in [1.165, 1.54) is 18.4 Å². The second kappa shape index (κ2) is 4.88. The Morgan fingerprint density at radius 3 is 2.62 bits per heavy atom. The van der Waals surface area contributed by atoms with Gasteiger partial charge in [0.25, 0.3) is 0 Å². The fourth-order valence-electron chi connectivity index (χ4n) is 2.52. The zero-order chi connectivity index (χ0) is 11.5. The van der Waals surface area contributed by atoms with Crippen molar-refractivity contribution in [2.24, 2.45) is 5.73 Å². The van der Waals surface area contributed by atoms with Crippen molar-refractivity contribution in [3.8, 4) is 5.75 Å². The molecule has 16 heavy (non-hydrogen) atoms. The van der Waals surface area contributed by atoms with E-state index in [-0.39, 0.29) is 6.10 Å². The first kappa shape index (κ1) is 11.5. The Morgan fingerprint density at radius 1 is 1.25 bits per heavy atom. The van der Waals surface area contributed by atoms with Crippen LogP contribution in [0.25, 0.3) is 0 Å². The van der Waals surface area contributed by atoms with Crippen LogP contribution >= 0.6 is 0 Å². The van der Waals surface area contributed by atoms with Crippen LogP contribution in [0.4, 0.5) is 0 Å². The summed E-state index contributed by atoms with van der Waals surface area (Å²) in [6, 6.07) is 8.63. The Hall–Kier alpha value is -1.02. The summed E-state index contributed by atoms with van der Waals surface area (Å²) in [5.41, 5.74) is 7.45. The summed E-state index contributed by atoms with van der Waals surface area (Å²) in [4.78, 5) is 0. The Kier molecular flexibility index (Phi) is 3.49. The van der Waals surface area contributed by atoms with Gasteiger partial charge in [-0.3, -0.25) is 0 Å². The van der Waals surface area contributed by atoms with E-state index in [9.17, 15) is 0 Å². The number of nitrogens with two attached hydrogens (primary N) is 1. The van der Waals surface area contributed by atoms with Crippen LogP contribution < -0.4 is 10.5 Å². The zero-order valence-corrected chi connectivity index (χ0v) is 10.1. The van der Waals surface area contributed by atoms with Crippen LogP contribution in [-0.4, -0.2) is 12.1 Å². The molecule has 0 bridgehead atoms. The smallest absolute Gasteiger partial charge is 0.123 e. The van der Waals surface area contributed by atoms with Gasteiger partial charge < -0.3 is 10.5 Å².